The van der Waals surface area contributed by atoms with Gasteiger partial charge in [-0.3, -0.25) is 4.98 Å². The summed E-state index contributed by atoms with van der Waals surface area (Å²) in [7, 11) is 0. The molecule has 1 nitrogen and oxygen atoms in total. The van der Waals surface area contributed by atoms with Crippen LogP contribution in [0, 0.1) is 0 Å². The van der Waals surface area contributed by atoms with Crippen LogP contribution in [0.2, 0.25) is 0 Å². The Kier molecular flexibility index (Phi) is 1.22. The Balaban J connectivity index is 3.02. The van der Waals surface area contributed by atoms with Crippen molar-refractivity contribution in [3.05, 3.63) is 24.5 Å². The van der Waals surface area contributed by atoms with Gasteiger partial charge in [0.05, 0.1) is 0 Å². The molecule has 0 spiro atoms. The fourth-order valence-electron chi connectivity index (χ4n) is 0.338. The first-order chi connectivity index (χ1) is 3.39. The third-order valence-corrected chi connectivity index (χ3v) is 0.922. The van der Waals surface area contributed by atoms with Crippen molar-refractivity contribution in [1.29, 1.82) is 0 Å². The molecule has 0 N–H and O–H groups in total. The van der Waals surface area contributed by atoms with Gasteiger partial charge >= 0.3 is 0 Å². The van der Waals surface area contributed by atoms with E-state index >= 15 is 0 Å². The van der Waals surface area contributed by atoms with Crippen LogP contribution in [0.4, 0.5) is 0 Å². The lowest BCUT2D eigenvalue weighted by molar-refractivity contribution is 1.27. The van der Waals surface area contributed by atoms with Crippen LogP contribution in [0.15, 0.2) is 29.4 Å². The monoisotopic (exact) mass is 110 g/mol. The first-order valence-electron chi connectivity index (χ1n) is 1.96. The van der Waals surface area contributed by atoms with E-state index in [4.69, 9.17) is 12.6 Å². The minimum atomic E-state index is 0.843. The molecule has 0 aliphatic heterocycles. The lowest BCUT2D eigenvalue weighted by Crippen LogP contribution is -1.64. The maximum atomic E-state index is 4.77. The van der Waals surface area contributed by atoms with E-state index in [1.54, 1.807) is 24.5 Å². The highest BCUT2D eigenvalue weighted by Crippen LogP contribution is 1.98. The molecule has 0 bridgehead atoms. The minimum absolute atomic E-state index is 0.843. The molecule has 0 aromatic carbocycles. The number of rotatable bonds is 0. The molecule has 0 fully saturated rings. The Bertz CT molecular complexity index is 138. The summed E-state index contributed by atoms with van der Waals surface area (Å²) in [6.07, 6.45) is 3.37. The molecule has 7 heavy (non-hydrogen) atoms. The van der Waals surface area contributed by atoms with Crippen molar-refractivity contribution in [3.63, 3.8) is 0 Å². The standard InChI is InChI=1S/C5H4NS/c7-5-1-3-6-4-2-5/h1-4H. The Hall–Kier alpha value is -0.630. The van der Waals surface area contributed by atoms with Crippen molar-refractivity contribution in [2.45, 2.75) is 4.90 Å². The highest BCUT2D eigenvalue weighted by Gasteiger charge is 1.75. The van der Waals surface area contributed by atoms with Gasteiger partial charge in [-0.15, -0.1) is 0 Å². The van der Waals surface area contributed by atoms with Crippen LogP contribution in [0.25, 0.3) is 0 Å². The molecule has 1 radical (unpaired) electrons. The van der Waals surface area contributed by atoms with E-state index in [-0.39, 0.29) is 0 Å². The van der Waals surface area contributed by atoms with Gasteiger partial charge < -0.3 is 0 Å². The molecule has 0 amide bonds. The summed E-state index contributed by atoms with van der Waals surface area (Å²) >= 11 is 4.77. The van der Waals surface area contributed by atoms with Crippen LogP contribution < -0.4 is 0 Å². The van der Waals surface area contributed by atoms with Crippen molar-refractivity contribution in [2.75, 3.05) is 0 Å². The molecule has 1 rings (SSSR count). The van der Waals surface area contributed by atoms with Crippen LogP contribution >= 0.6 is 12.6 Å². The topological polar surface area (TPSA) is 12.9 Å². The first kappa shape index (κ1) is 4.53. The molecule has 0 unspecified atom stereocenters. The van der Waals surface area contributed by atoms with E-state index in [2.05, 4.69) is 4.98 Å². The second-order valence-corrected chi connectivity index (χ2v) is 1.65. The lowest BCUT2D eigenvalue weighted by atomic mass is 10.5. The summed E-state index contributed by atoms with van der Waals surface area (Å²) in [4.78, 5) is 4.62. The number of hydrogen-bond donors (Lipinski definition) is 0. The molecule has 35 valence electrons. The van der Waals surface area contributed by atoms with Crippen LogP contribution in [-0.4, -0.2) is 4.98 Å². The molecule has 0 atom stereocenters. The zero-order chi connectivity index (χ0) is 5.11. The zero-order valence-electron chi connectivity index (χ0n) is 3.66. The van der Waals surface area contributed by atoms with Crippen LogP contribution in [0.1, 0.15) is 0 Å². The molecule has 0 saturated carbocycles. The van der Waals surface area contributed by atoms with Crippen molar-refractivity contribution in [2.24, 2.45) is 0 Å². The minimum Gasteiger partial charge on any atom is -0.265 e. The van der Waals surface area contributed by atoms with E-state index in [9.17, 15) is 0 Å². The Morgan fingerprint density at radius 3 is 2.14 bits per heavy atom. The number of hydrogen-bond acceptors (Lipinski definition) is 1. The van der Waals surface area contributed by atoms with Crippen molar-refractivity contribution >= 4 is 12.6 Å². The average Bonchev–Trinajstić information content (AvgIpc) is 1.69. The summed E-state index contributed by atoms with van der Waals surface area (Å²) in [6, 6.07) is 3.57. The molecule has 1 heterocycles. The van der Waals surface area contributed by atoms with Crippen molar-refractivity contribution in [1.82, 2.24) is 4.98 Å². The van der Waals surface area contributed by atoms with Crippen molar-refractivity contribution in [3.8, 4) is 0 Å². The molecular weight excluding hydrogens is 106 g/mol. The molecule has 1 aromatic rings. The normalized spacial score (nSPS) is 8.57. The first-order valence-corrected chi connectivity index (χ1v) is 2.37. The fraction of sp³-hybridized carbons (Fsp3) is 0. The number of pyridine rings is 1. The smallest absolute Gasteiger partial charge is 0.0407 e. The quantitative estimate of drug-likeness (QED) is 0.494. The summed E-state index contributed by atoms with van der Waals surface area (Å²) in [6.45, 7) is 0. The Labute approximate surface area is 47.8 Å². The summed E-state index contributed by atoms with van der Waals surface area (Å²) in [5.74, 6) is 0. The van der Waals surface area contributed by atoms with Gasteiger partial charge in [0.15, 0.2) is 0 Å². The van der Waals surface area contributed by atoms with Gasteiger partial charge in [-0.25, -0.2) is 0 Å². The second-order valence-electron chi connectivity index (χ2n) is 1.18. The van der Waals surface area contributed by atoms with Crippen LogP contribution in [0.5, 0.6) is 0 Å². The van der Waals surface area contributed by atoms with E-state index in [0.29, 0.717) is 0 Å². The van der Waals surface area contributed by atoms with Crippen molar-refractivity contribution < 1.29 is 0 Å². The third kappa shape index (κ3) is 1.12. The summed E-state index contributed by atoms with van der Waals surface area (Å²) < 4.78 is 0. The Morgan fingerprint density at radius 2 is 1.86 bits per heavy atom. The lowest BCUT2D eigenvalue weighted by Gasteiger charge is -1.79. The van der Waals surface area contributed by atoms with Gasteiger partial charge in [0.1, 0.15) is 0 Å². The SMILES string of the molecule is [S]c1ccncc1. The Morgan fingerprint density at radius 1 is 1.29 bits per heavy atom. The average molecular weight is 110 g/mol. The van der Waals surface area contributed by atoms with Gasteiger partial charge in [-0.1, -0.05) is 12.6 Å². The highest BCUT2D eigenvalue weighted by molar-refractivity contribution is 7.80. The van der Waals surface area contributed by atoms with E-state index in [0.717, 1.165) is 4.90 Å². The summed E-state index contributed by atoms with van der Waals surface area (Å²) in [5, 5.41) is 0. The van der Waals surface area contributed by atoms with Gasteiger partial charge in [0, 0.05) is 17.3 Å². The highest BCUT2D eigenvalue weighted by atomic mass is 32.1. The van der Waals surface area contributed by atoms with E-state index in [1.165, 1.54) is 0 Å². The van der Waals surface area contributed by atoms with Crippen LogP contribution in [0.3, 0.4) is 0 Å². The van der Waals surface area contributed by atoms with Crippen LogP contribution in [-0.2, 0) is 0 Å². The van der Waals surface area contributed by atoms with Gasteiger partial charge in [0.25, 0.3) is 0 Å². The van der Waals surface area contributed by atoms with E-state index in [1.807, 2.05) is 0 Å². The largest absolute Gasteiger partial charge is 0.265 e. The maximum Gasteiger partial charge on any atom is 0.0407 e. The summed E-state index contributed by atoms with van der Waals surface area (Å²) in [5.41, 5.74) is 0. The maximum absolute atomic E-state index is 4.77. The predicted octanol–water partition coefficient (Wildman–Crippen LogP) is 1.64. The number of nitrogens with zero attached hydrogens (tertiary/aromatic N) is 1. The molecule has 1 aromatic heterocycles. The van der Waals surface area contributed by atoms with E-state index < -0.39 is 0 Å². The fourth-order valence-corrected chi connectivity index (χ4v) is 0.460. The zero-order valence-corrected chi connectivity index (χ0v) is 4.48. The molecule has 0 aliphatic rings. The van der Waals surface area contributed by atoms with Gasteiger partial charge in [-0.2, -0.15) is 0 Å². The molecule has 0 aliphatic carbocycles. The number of aromatic nitrogens is 1. The molecule has 0 saturated heterocycles. The van der Waals surface area contributed by atoms with Gasteiger partial charge in [0.2, 0.25) is 0 Å². The second kappa shape index (κ2) is 1.89. The third-order valence-electron chi connectivity index (χ3n) is 0.650. The molecule has 2 heteroatoms. The predicted molar refractivity (Wildman–Crippen MR) is 30.1 cm³/mol. The van der Waals surface area contributed by atoms with Gasteiger partial charge in [-0.05, 0) is 12.1 Å². The molecular formula is C5H4NS.